The summed E-state index contributed by atoms with van der Waals surface area (Å²) < 4.78 is 0. The van der Waals surface area contributed by atoms with Gasteiger partial charge in [-0.1, -0.05) is 0 Å². The fourth-order valence-electron chi connectivity index (χ4n) is 3.53. The molecule has 0 aromatic carbocycles. The van der Waals surface area contributed by atoms with E-state index in [2.05, 4.69) is 58.6 Å². The first-order valence-corrected chi connectivity index (χ1v) is 12.3. The molecule has 1 fully saturated rings. The lowest BCUT2D eigenvalue weighted by Gasteiger charge is -2.30. The molecule has 0 radical (unpaired) electrons. The second-order valence-electron chi connectivity index (χ2n) is 7.72. The maximum Gasteiger partial charge on any atom is 0.191 e. The Hall–Kier alpha value is -1.51. The van der Waals surface area contributed by atoms with E-state index >= 15 is 0 Å². The molecule has 0 unspecified atom stereocenters. The zero-order valence-corrected chi connectivity index (χ0v) is 19.8. The van der Waals surface area contributed by atoms with Gasteiger partial charge in [0.15, 0.2) is 5.96 Å². The lowest BCUT2D eigenvalue weighted by Crippen LogP contribution is -2.39. The van der Waals surface area contributed by atoms with E-state index in [9.17, 15) is 0 Å². The first-order chi connectivity index (χ1) is 14.0. The van der Waals surface area contributed by atoms with Crippen molar-refractivity contribution in [2.45, 2.75) is 53.5 Å². The fourth-order valence-corrected chi connectivity index (χ4v) is 5.07. The molecule has 0 saturated carbocycles. The standard InChI is InChI=1S/C21H34N6S2/c1-5-22-21(23-9-6-20-25-15(2)16(3)29-20)24-12-18-7-10-27(11-8-18)13-19-14-28-17(4)26-19/h14,18H,5-13H2,1-4H3,(H2,22,23,24). The van der Waals surface area contributed by atoms with Crippen LogP contribution in [0.15, 0.2) is 10.4 Å². The van der Waals surface area contributed by atoms with E-state index < -0.39 is 0 Å². The van der Waals surface area contributed by atoms with Crippen LogP contribution in [0, 0.1) is 26.7 Å². The Balaban J connectivity index is 1.40. The number of guanidine groups is 1. The minimum atomic E-state index is 0.670. The minimum absolute atomic E-state index is 0.670. The summed E-state index contributed by atoms with van der Waals surface area (Å²) in [5.41, 5.74) is 2.37. The van der Waals surface area contributed by atoms with Gasteiger partial charge >= 0.3 is 0 Å². The first-order valence-electron chi connectivity index (χ1n) is 10.6. The van der Waals surface area contributed by atoms with Crippen LogP contribution >= 0.6 is 22.7 Å². The van der Waals surface area contributed by atoms with Crippen molar-refractivity contribution in [1.29, 1.82) is 0 Å². The van der Waals surface area contributed by atoms with E-state index in [1.807, 2.05) is 0 Å². The third-order valence-corrected chi connectivity index (χ3v) is 7.27. The smallest absolute Gasteiger partial charge is 0.191 e. The van der Waals surface area contributed by atoms with Crippen molar-refractivity contribution in [1.82, 2.24) is 25.5 Å². The van der Waals surface area contributed by atoms with Crippen molar-refractivity contribution in [3.05, 3.63) is 31.7 Å². The van der Waals surface area contributed by atoms with Crippen molar-refractivity contribution in [2.24, 2.45) is 10.9 Å². The number of nitrogens with one attached hydrogen (secondary N) is 2. The highest BCUT2D eigenvalue weighted by Gasteiger charge is 2.19. The van der Waals surface area contributed by atoms with Gasteiger partial charge in [-0.15, -0.1) is 22.7 Å². The van der Waals surface area contributed by atoms with E-state index in [4.69, 9.17) is 4.99 Å². The van der Waals surface area contributed by atoms with Crippen LogP contribution in [-0.2, 0) is 13.0 Å². The van der Waals surface area contributed by atoms with Crippen LogP contribution in [-0.4, -0.2) is 53.6 Å². The molecule has 0 spiro atoms. The predicted octanol–water partition coefficient (Wildman–Crippen LogP) is 3.53. The number of hydrogen-bond donors (Lipinski definition) is 2. The lowest BCUT2D eigenvalue weighted by molar-refractivity contribution is 0.179. The SMILES string of the molecule is CCNC(=NCC1CCN(Cc2csc(C)n2)CC1)NCCc1nc(C)c(C)s1. The van der Waals surface area contributed by atoms with Crippen LogP contribution in [0.3, 0.4) is 0 Å². The third kappa shape index (κ3) is 7.04. The van der Waals surface area contributed by atoms with Crippen LogP contribution in [0.5, 0.6) is 0 Å². The highest BCUT2D eigenvalue weighted by molar-refractivity contribution is 7.11. The minimum Gasteiger partial charge on any atom is -0.357 e. The quantitative estimate of drug-likeness (QED) is 0.491. The molecule has 0 aliphatic carbocycles. The topological polar surface area (TPSA) is 65.4 Å². The van der Waals surface area contributed by atoms with E-state index in [-0.39, 0.29) is 0 Å². The Kier molecular flexibility index (Phi) is 8.44. The molecule has 3 heterocycles. The van der Waals surface area contributed by atoms with Gasteiger partial charge in [-0.3, -0.25) is 9.89 Å². The van der Waals surface area contributed by atoms with Gasteiger partial charge in [0.05, 0.1) is 21.4 Å². The zero-order chi connectivity index (χ0) is 20.6. The van der Waals surface area contributed by atoms with Crippen molar-refractivity contribution >= 4 is 28.6 Å². The van der Waals surface area contributed by atoms with E-state index in [1.165, 1.54) is 28.4 Å². The largest absolute Gasteiger partial charge is 0.357 e. The molecule has 0 bridgehead atoms. The monoisotopic (exact) mass is 434 g/mol. The summed E-state index contributed by atoms with van der Waals surface area (Å²) in [5.74, 6) is 1.60. The van der Waals surface area contributed by atoms with Crippen LogP contribution in [0.25, 0.3) is 0 Å². The van der Waals surface area contributed by atoms with E-state index in [1.54, 1.807) is 22.7 Å². The summed E-state index contributed by atoms with van der Waals surface area (Å²) in [4.78, 5) is 17.9. The Morgan fingerprint density at radius 3 is 2.62 bits per heavy atom. The summed E-state index contributed by atoms with van der Waals surface area (Å²) >= 11 is 3.54. The van der Waals surface area contributed by atoms with Crippen LogP contribution < -0.4 is 10.6 Å². The number of hydrogen-bond acceptors (Lipinski definition) is 6. The van der Waals surface area contributed by atoms with Gasteiger partial charge in [-0.2, -0.15) is 0 Å². The third-order valence-electron chi connectivity index (χ3n) is 5.32. The molecule has 8 heteroatoms. The van der Waals surface area contributed by atoms with Gasteiger partial charge in [-0.05, 0) is 59.5 Å². The van der Waals surface area contributed by atoms with Crippen molar-refractivity contribution < 1.29 is 0 Å². The number of nitrogens with zero attached hydrogens (tertiary/aromatic N) is 4. The number of aromatic nitrogens is 2. The van der Waals surface area contributed by atoms with Gasteiger partial charge in [0.25, 0.3) is 0 Å². The summed E-state index contributed by atoms with van der Waals surface area (Å²) in [6.07, 6.45) is 3.37. The molecule has 0 atom stereocenters. The summed E-state index contributed by atoms with van der Waals surface area (Å²) in [5, 5.41) is 11.4. The predicted molar refractivity (Wildman–Crippen MR) is 124 cm³/mol. The highest BCUT2D eigenvalue weighted by Crippen LogP contribution is 2.20. The van der Waals surface area contributed by atoms with Crippen LogP contribution in [0.2, 0.25) is 0 Å². The molecular weight excluding hydrogens is 400 g/mol. The van der Waals surface area contributed by atoms with Gasteiger partial charge in [0.1, 0.15) is 0 Å². The van der Waals surface area contributed by atoms with Gasteiger partial charge in [0.2, 0.25) is 0 Å². The van der Waals surface area contributed by atoms with Crippen molar-refractivity contribution in [2.75, 3.05) is 32.7 Å². The lowest BCUT2D eigenvalue weighted by atomic mass is 9.97. The van der Waals surface area contributed by atoms with Gasteiger partial charge < -0.3 is 10.6 Å². The number of thiazole rings is 2. The number of aliphatic imine (C=N–C) groups is 1. The summed E-state index contributed by atoms with van der Waals surface area (Å²) in [6.45, 7) is 14.3. The number of rotatable bonds is 8. The zero-order valence-electron chi connectivity index (χ0n) is 18.1. The number of aryl methyl sites for hydroxylation is 3. The Bertz CT molecular complexity index is 769. The molecule has 6 nitrogen and oxygen atoms in total. The average Bonchev–Trinajstić information content (AvgIpc) is 3.25. The first kappa shape index (κ1) is 22.2. The van der Waals surface area contributed by atoms with Gasteiger partial charge in [0, 0.05) is 42.9 Å². The fraction of sp³-hybridized carbons (Fsp3) is 0.667. The summed E-state index contributed by atoms with van der Waals surface area (Å²) in [7, 11) is 0. The molecule has 2 aromatic heterocycles. The Labute approximate surface area is 182 Å². The molecular formula is C21H34N6S2. The molecule has 3 rings (SSSR count). The molecule has 0 amide bonds. The second kappa shape index (κ2) is 11.0. The molecule has 29 heavy (non-hydrogen) atoms. The highest BCUT2D eigenvalue weighted by atomic mass is 32.1. The Morgan fingerprint density at radius 1 is 1.21 bits per heavy atom. The molecule has 2 N–H and O–H groups in total. The summed E-state index contributed by atoms with van der Waals surface area (Å²) in [6, 6.07) is 0. The molecule has 1 aliphatic rings. The second-order valence-corrected chi connectivity index (χ2v) is 10.1. The van der Waals surface area contributed by atoms with Crippen molar-refractivity contribution in [3.8, 4) is 0 Å². The maximum atomic E-state index is 4.85. The van der Waals surface area contributed by atoms with Crippen molar-refractivity contribution in [3.63, 3.8) is 0 Å². The average molecular weight is 435 g/mol. The Morgan fingerprint density at radius 2 is 2.00 bits per heavy atom. The van der Waals surface area contributed by atoms with E-state index in [0.717, 1.165) is 62.4 Å². The molecule has 1 aliphatic heterocycles. The number of likely N-dealkylation sites (tertiary alicyclic amines) is 1. The number of piperidine rings is 1. The molecule has 1 saturated heterocycles. The molecule has 2 aromatic rings. The normalized spacial score (nSPS) is 16.3. The maximum absolute atomic E-state index is 4.85. The molecule has 160 valence electrons. The van der Waals surface area contributed by atoms with Crippen LogP contribution in [0.1, 0.15) is 46.0 Å². The van der Waals surface area contributed by atoms with Gasteiger partial charge in [-0.25, -0.2) is 9.97 Å². The van der Waals surface area contributed by atoms with Crippen LogP contribution in [0.4, 0.5) is 0 Å². The van der Waals surface area contributed by atoms with E-state index in [0.29, 0.717) is 5.92 Å².